The van der Waals surface area contributed by atoms with Gasteiger partial charge in [-0.3, -0.25) is 4.79 Å². The predicted molar refractivity (Wildman–Crippen MR) is 72.4 cm³/mol. The quantitative estimate of drug-likeness (QED) is 0.610. The standard InChI is InChI=1S/C12H22N2O3Si/c1-10(12(15)16)11-7-14(8-13-11)9-17-5-6-18(2,3)4/h7-8,10H,5-6,9H2,1-4H3,(H,15,16). The molecule has 0 aliphatic rings. The Hall–Kier alpha value is -1.14. The topological polar surface area (TPSA) is 64.3 Å². The average Bonchev–Trinajstić information content (AvgIpc) is 2.70. The molecule has 0 spiro atoms. The Labute approximate surface area is 109 Å². The Morgan fingerprint density at radius 1 is 1.56 bits per heavy atom. The largest absolute Gasteiger partial charge is 0.481 e. The number of hydrogen-bond acceptors (Lipinski definition) is 3. The van der Waals surface area contributed by atoms with Gasteiger partial charge in [0, 0.05) is 20.9 Å². The molecule has 0 bridgehead atoms. The number of imidazole rings is 1. The number of hydrogen-bond donors (Lipinski definition) is 1. The van der Waals surface area contributed by atoms with Gasteiger partial charge in [-0.15, -0.1) is 0 Å². The predicted octanol–water partition coefficient (Wildman–Crippen LogP) is 2.38. The van der Waals surface area contributed by atoms with Gasteiger partial charge in [0.15, 0.2) is 0 Å². The van der Waals surface area contributed by atoms with Crippen LogP contribution < -0.4 is 0 Å². The van der Waals surface area contributed by atoms with Crippen LogP contribution in [-0.2, 0) is 16.3 Å². The summed E-state index contributed by atoms with van der Waals surface area (Å²) in [4.78, 5) is 14.9. The number of aromatic nitrogens is 2. The molecule has 0 aliphatic heterocycles. The van der Waals surface area contributed by atoms with Gasteiger partial charge in [0.25, 0.3) is 0 Å². The molecule has 1 unspecified atom stereocenters. The molecule has 0 fully saturated rings. The number of carboxylic acids is 1. The zero-order chi connectivity index (χ0) is 13.8. The third-order valence-electron chi connectivity index (χ3n) is 2.70. The summed E-state index contributed by atoms with van der Waals surface area (Å²) >= 11 is 0. The fourth-order valence-electron chi connectivity index (χ4n) is 1.35. The van der Waals surface area contributed by atoms with Gasteiger partial charge in [0.05, 0.1) is 17.9 Å². The van der Waals surface area contributed by atoms with Crippen LogP contribution in [-0.4, -0.2) is 35.3 Å². The molecule has 1 aromatic rings. The zero-order valence-electron chi connectivity index (χ0n) is 11.5. The molecule has 0 radical (unpaired) electrons. The normalized spacial score (nSPS) is 13.6. The second kappa shape index (κ2) is 6.15. The molecule has 6 heteroatoms. The maximum absolute atomic E-state index is 10.8. The minimum Gasteiger partial charge on any atom is -0.481 e. The molecule has 18 heavy (non-hydrogen) atoms. The highest BCUT2D eigenvalue weighted by Gasteiger charge is 2.16. The monoisotopic (exact) mass is 270 g/mol. The second-order valence-corrected chi connectivity index (χ2v) is 11.3. The Bertz CT molecular complexity index is 398. The second-order valence-electron chi connectivity index (χ2n) is 5.72. The van der Waals surface area contributed by atoms with Gasteiger partial charge < -0.3 is 14.4 Å². The summed E-state index contributed by atoms with van der Waals surface area (Å²) in [5.74, 6) is -1.44. The van der Waals surface area contributed by atoms with E-state index in [1.807, 2.05) is 0 Å². The molecule has 0 aliphatic carbocycles. The lowest BCUT2D eigenvalue weighted by Crippen LogP contribution is -2.21. The first-order chi connectivity index (χ1) is 8.29. The number of nitrogens with zero attached hydrogens (tertiary/aromatic N) is 2. The van der Waals surface area contributed by atoms with Crippen LogP contribution in [0.1, 0.15) is 18.5 Å². The van der Waals surface area contributed by atoms with Crippen molar-refractivity contribution in [1.29, 1.82) is 0 Å². The van der Waals surface area contributed by atoms with Crippen molar-refractivity contribution in [3.63, 3.8) is 0 Å². The Morgan fingerprint density at radius 2 is 2.22 bits per heavy atom. The van der Waals surface area contributed by atoms with Crippen LogP contribution in [0.5, 0.6) is 0 Å². The van der Waals surface area contributed by atoms with Crippen molar-refractivity contribution in [2.45, 2.75) is 45.3 Å². The van der Waals surface area contributed by atoms with E-state index in [9.17, 15) is 4.79 Å². The number of rotatable bonds is 7. The molecule has 1 rings (SSSR count). The Morgan fingerprint density at radius 3 is 2.78 bits per heavy atom. The van der Waals surface area contributed by atoms with E-state index in [4.69, 9.17) is 9.84 Å². The van der Waals surface area contributed by atoms with Crippen molar-refractivity contribution in [3.8, 4) is 0 Å². The minimum atomic E-state index is -1.05. The van der Waals surface area contributed by atoms with Gasteiger partial charge in [-0.2, -0.15) is 0 Å². The number of carbonyl (C=O) groups is 1. The SMILES string of the molecule is CC(C(=O)O)c1cn(COCC[Si](C)(C)C)cn1. The molecular formula is C12H22N2O3Si. The van der Waals surface area contributed by atoms with Crippen LogP contribution in [0.25, 0.3) is 0 Å². The first-order valence-corrected chi connectivity index (χ1v) is 9.82. The smallest absolute Gasteiger partial charge is 0.312 e. The van der Waals surface area contributed by atoms with Gasteiger partial charge in [-0.25, -0.2) is 4.98 Å². The molecule has 0 saturated carbocycles. The molecule has 1 N–H and O–H groups in total. The van der Waals surface area contributed by atoms with E-state index >= 15 is 0 Å². The fraction of sp³-hybridized carbons (Fsp3) is 0.667. The van der Waals surface area contributed by atoms with Crippen molar-refractivity contribution < 1.29 is 14.6 Å². The van der Waals surface area contributed by atoms with Crippen molar-refractivity contribution in [3.05, 3.63) is 18.2 Å². The van der Waals surface area contributed by atoms with E-state index in [0.29, 0.717) is 12.4 Å². The minimum absolute atomic E-state index is 0.434. The van der Waals surface area contributed by atoms with Crippen molar-refractivity contribution in [1.82, 2.24) is 9.55 Å². The van der Waals surface area contributed by atoms with Gasteiger partial charge in [0.2, 0.25) is 0 Å². The summed E-state index contributed by atoms with van der Waals surface area (Å²) in [6.45, 7) is 9.73. The number of ether oxygens (including phenoxy) is 1. The van der Waals surface area contributed by atoms with E-state index in [1.165, 1.54) is 0 Å². The summed E-state index contributed by atoms with van der Waals surface area (Å²) in [6, 6.07) is 1.13. The maximum Gasteiger partial charge on any atom is 0.312 e. The van der Waals surface area contributed by atoms with E-state index in [-0.39, 0.29) is 0 Å². The lowest BCUT2D eigenvalue weighted by molar-refractivity contribution is -0.138. The third-order valence-corrected chi connectivity index (χ3v) is 4.41. The van der Waals surface area contributed by atoms with Crippen LogP contribution in [0.3, 0.4) is 0 Å². The van der Waals surface area contributed by atoms with Crippen molar-refractivity contribution in [2.75, 3.05) is 6.61 Å². The number of carboxylic acid groups (broad SMARTS) is 1. The maximum atomic E-state index is 10.8. The summed E-state index contributed by atoms with van der Waals surface area (Å²) in [7, 11) is -1.05. The lowest BCUT2D eigenvalue weighted by Gasteiger charge is -2.15. The fourth-order valence-corrected chi connectivity index (χ4v) is 2.10. The third kappa shape index (κ3) is 5.01. The van der Waals surface area contributed by atoms with E-state index in [2.05, 4.69) is 24.6 Å². The zero-order valence-corrected chi connectivity index (χ0v) is 12.5. The van der Waals surface area contributed by atoms with Gasteiger partial charge in [0.1, 0.15) is 6.73 Å². The summed E-state index contributed by atoms with van der Waals surface area (Å²) in [6.07, 6.45) is 3.34. The molecular weight excluding hydrogens is 248 g/mol. The van der Waals surface area contributed by atoms with Crippen LogP contribution in [0.2, 0.25) is 25.7 Å². The van der Waals surface area contributed by atoms with E-state index < -0.39 is 20.0 Å². The molecule has 102 valence electrons. The van der Waals surface area contributed by atoms with Crippen LogP contribution in [0.4, 0.5) is 0 Å². The molecule has 1 aromatic heterocycles. The van der Waals surface area contributed by atoms with E-state index in [1.54, 1.807) is 24.0 Å². The van der Waals surface area contributed by atoms with Gasteiger partial charge >= 0.3 is 5.97 Å². The lowest BCUT2D eigenvalue weighted by atomic mass is 10.1. The van der Waals surface area contributed by atoms with Gasteiger partial charge in [-0.1, -0.05) is 19.6 Å². The molecule has 0 saturated heterocycles. The first kappa shape index (κ1) is 14.9. The highest BCUT2D eigenvalue weighted by atomic mass is 28.3. The molecule has 1 atom stereocenters. The highest BCUT2D eigenvalue weighted by molar-refractivity contribution is 6.76. The Balaban J connectivity index is 2.38. The first-order valence-electron chi connectivity index (χ1n) is 6.12. The molecule has 1 heterocycles. The molecule has 0 aromatic carbocycles. The van der Waals surface area contributed by atoms with Crippen LogP contribution in [0.15, 0.2) is 12.5 Å². The van der Waals surface area contributed by atoms with E-state index in [0.717, 1.165) is 12.7 Å². The Kier molecular flexibility index (Phi) is 5.10. The van der Waals surface area contributed by atoms with Crippen LogP contribution >= 0.6 is 0 Å². The van der Waals surface area contributed by atoms with Gasteiger partial charge in [-0.05, 0) is 13.0 Å². The summed E-state index contributed by atoms with van der Waals surface area (Å²) < 4.78 is 7.34. The molecule has 0 amide bonds. The summed E-state index contributed by atoms with van der Waals surface area (Å²) in [5.41, 5.74) is 0.566. The van der Waals surface area contributed by atoms with Crippen molar-refractivity contribution in [2.24, 2.45) is 0 Å². The summed E-state index contributed by atoms with van der Waals surface area (Å²) in [5, 5.41) is 8.87. The average molecular weight is 270 g/mol. The van der Waals surface area contributed by atoms with Crippen LogP contribution in [0, 0.1) is 0 Å². The highest BCUT2D eigenvalue weighted by Crippen LogP contribution is 2.12. The number of aliphatic carboxylic acids is 1. The van der Waals surface area contributed by atoms with Crippen molar-refractivity contribution >= 4 is 14.0 Å². The molecule has 5 nitrogen and oxygen atoms in total.